The Balaban J connectivity index is 1.98. The third kappa shape index (κ3) is 3.97. The van der Waals surface area contributed by atoms with Gasteiger partial charge >= 0.3 is 0 Å². The second-order valence-electron chi connectivity index (χ2n) is 5.67. The molecule has 0 spiro atoms. The molecular weight excluding hydrogens is 250 g/mol. The van der Waals surface area contributed by atoms with Gasteiger partial charge in [0, 0.05) is 12.6 Å². The molecule has 0 radical (unpaired) electrons. The maximum absolute atomic E-state index is 10.5. The summed E-state index contributed by atoms with van der Waals surface area (Å²) in [5, 5.41) is 10.5. The number of hydrogen-bond acceptors (Lipinski definition) is 3. The number of benzene rings is 1. The Morgan fingerprint density at radius 2 is 2.05 bits per heavy atom. The number of nitrogens with zero attached hydrogens (tertiary/aromatic N) is 1. The number of likely N-dealkylation sites (N-methyl/N-ethyl adjacent to an activating group) is 1. The molecule has 1 N–H and O–H groups in total. The first kappa shape index (κ1) is 15.3. The van der Waals surface area contributed by atoms with Crippen LogP contribution in [0.4, 0.5) is 0 Å². The normalized spacial score (nSPS) is 18.2. The quantitative estimate of drug-likeness (QED) is 0.865. The zero-order chi connectivity index (χ0) is 14.4. The van der Waals surface area contributed by atoms with Crippen molar-refractivity contribution in [2.24, 2.45) is 0 Å². The van der Waals surface area contributed by atoms with E-state index in [1.807, 2.05) is 24.3 Å². The van der Waals surface area contributed by atoms with E-state index < -0.39 is 6.10 Å². The largest absolute Gasteiger partial charge is 0.497 e. The van der Waals surface area contributed by atoms with Gasteiger partial charge in [-0.1, -0.05) is 38.3 Å². The highest BCUT2D eigenvalue weighted by Crippen LogP contribution is 2.25. The molecule has 0 heterocycles. The zero-order valence-corrected chi connectivity index (χ0v) is 12.7. The smallest absolute Gasteiger partial charge is 0.119 e. The van der Waals surface area contributed by atoms with Crippen molar-refractivity contribution < 1.29 is 9.84 Å². The molecule has 0 amide bonds. The fraction of sp³-hybridized carbons (Fsp3) is 0.647. The lowest BCUT2D eigenvalue weighted by molar-refractivity contribution is 0.0765. The zero-order valence-electron chi connectivity index (χ0n) is 12.7. The number of methoxy groups -OCH3 is 1. The van der Waals surface area contributed by atoms with Crippen LogP contribution < -0.4 is 4.74 Å². The Hall–Kier alpha value is -1.06. The van der Waals surface area contributed by atoms with Crippen molar-refractivity contribution in [3.8, 4) is 5.75 Å². The lowest BCUT2D eigenvalue weighted by Gasteiger charge is -2.34. The molecule has 20 heavy (non-hydrogen) atoms. The number of aliphatic hydroxyl groups excluding tert-OH is 1. The first-order valence-electron chi connectivity index (χ1n) is 7.80. The third-order valence-corrected chi connectivity index (χ3v) is 4.38. The lowest BCUT2D eigenvalue weighted by Crippen LogP contribution is -2.39. The highest BCUT2D eigenvalue weighted by molar-refractivity contribution is 5.29. The first-order valence-corrected chi connectivity index (χ1v) is 7.80. The summed E-state index contributed by atoms with van der Waals surface area (Å²) in [7, 11) is 1.66. The molecule has 1 aliphatic carbocycles. The third-order valence-electron chi connectivity index (χ3n) is 4.38. The molecule has 3 heteroatoms. The molecule has 1 unspecified atom stereocenters. The van der Waals surface area contributed by atoms with Gasteiger partial charge < -0.3 is 9.84 Å². The van der Waals surface area contributed by atoms with Crippen molar-refractivity contribution in [3.05, 3.63) is 29.8 Å². The Morgan fingerprint density at radius 3 is 2.70 bits per heavy atom. The van der Waals surface area contributed by atoms with Crippen LogP contribution in [0, 0.1) is 0 Å². The first-order chi connectivity index (χ1) is 9.74. The minimum Gasteiger partial charge on any atom is -0.497 e. The van der Waals surface area contributed by atoms with Crippen molar-refractivity contribution in [3.63, 3.8) is 0 Å². The van der Waals surface area contributed by atoms with Crippen LogP contribution in [-0.2, 0) is 0 Å². The standard InChI is InChI=1S/C17H27NO2/c1-3-18(15-9-5-4-6-10-15)13-17(19)14-8-7-11-16(12-14)20-2/h7-8,11-12,15,17,19H,3-6,9-10,13H2,1-2H3. The average Bonchev–Trinajstić information content (AvgIpc) is 2.53. The minimum absolute atomic E-state index is 0.438. The Morgan fingerprint density at radius 1 is 1.30 bits per heavy atom. The van der Waals surface area contributed by atoms with Gasteiger partial charge in [-0.15, -0.1) is 0 Å². The molecule has 2 rings (SSSR count). The van der Waals surface area contributed by atoms with Crippen LogP contribution in [0.2, 0.25) is 0 Å². The fourth-order valence-corrected chi connectivity index (χ4v) is 3.16. The van der Waals surface area contributed by atoms with E-state index in [9.17, 15) is 5.11 Å². The highest BCUT2D eigenvalue weighted by Gasteiger charge is 2.22. The fourth-order valence-electron chi connectivity index (χ4n) is 3.16. The van der Waals surface area contributed by atoms with E-state index in [-0.39, 0.29) is 0 Å². The van der Waals surface area contributed by atoms with Crippen LogP contribution in [0.5, 0.6) is 5.75 Å². The summed E-state index contributed by atoms with van der Waals surface area (Å²) in [6.45, 7) is 3.91. The molecule has 1 fully saturated rings. The Bertz CT molecular complexity index is 402. The molecule has 1 aromatic carbocycles. The molecule has 0 aromatic heterocycles. The maximum atomic E-state index is 10.5. The molecule has 0 saturated heterocycles. The van der Waals surface area contributed by atoms with Gasteiger partial charge in [0.2, 0.25) is 0 Å². The molecule has 1 saturated carbocycles. The molecular formula is C17H27NO2. The second-order valence-corrected chi connectivity index (χ2v) is 5.67. The number of aliphatic hydroxyl groups is 1. The van der Waals surface area contributed by atoms with E-state index >= 15 is 0 Å². The van der Waals surface area contributed by atoms with E-state index in [4.69, 9.17) is 4.74 Å². The molecule has 1 aromatic rings. The van der Waals surface area contributed by atoms with Gasteiger partial charge in [-0.25, -0.2) is 0 Å². The van der Waals surface area contributed by atoms with Crippen LogP contribution in [0.25, 0.3) is 0 Å². The molecule has 112 valence electrons. The predicted molar refractivity (Wildman–Crippen MR) is 82.1 cm³/mol. The van der Waals surface area contributed by atoms with Crippen molar-refractivity contribution in [2.75, 3.05) is 20.2 Å². The summed E-state index contributed by atoms with van der Waals surface area (Å²) < 4.78 is 5.23. The SMILES string of the molecule is CCN(CC(O)c1cccc(OC)c1)C1CCCCC1. The Kier molecular flexibility index (Phi) is 5.86. The highest BCUT2D eigenvalue weighted by atomic mass is 16.5. The van der Waals surface area contributed by atoms with Crippen LogP contribution in [0.3, 0.4) is 0 Å². The number of rotatable bonds is 6. The van der Waals surface area contributed by atoms with Crippen LogP contribution in [-0.4, -0.2) is 36.2 Å². The number of ether oxygens (including phenoxy) is 1. The van der Waals surface area contributed by atoms with Gasteiger partial charge in [-0.05, 0) is 37.1 Å². The van der Waals surface area contributed by atoms with E-state index in [1.54, 1.807) is 7.11 Å². The van der Waals surface area contributed by atoms with Gasteiger partial charge in [0.25, 0.3) is 0 Å². The van der Waals surface area contributed by atoms with Crippen LogP contribution in [0.1, 0.15) is 50.7 Å². The minimum atomic E-state index is -0.438. The van der Waals surface area contributed by atoms with Crippen molar-refractivity contribution in [1.29, 1.82) is 0 Å². The summed E-state index contributed by atoms with van der Waals surface area (Å²) in [6, 6.07) is 8.40. The second kappa shape index (κ2) is 7.65. The monoisotopic (exact) mass is 277 g/mol. The summed E-state index contributed by atoms with van der Waals surface area (Å²) in [5.74, 6) is 0.808. The molecule has 3 nitrogen and oxygen atoms in total. The number of hydrogen-bond donors (Lipinski definition) is 1. The van der Waals surface area contributed by atoms with Gasteiger partial charge in [0.15, 0.2) is 0 Å². The summed E-state index contributed by atoms with van der Waals surface area (Å²) in [4.78, 5) is 2.43. The predicted octanol–water partition coefficient (Wildman–Crippen LogP) is 3.38. The summed E-state index contributed by atoms with van der Waals surface area (Å²) in [6.07, 6.45) is 6.14. The van der Waals surface area contributed by atoms with Crippen molar-refractivity contribution in [1.82, 2.24) is 4.90 Å². The summed E-state index contributed by atoms with van der Waals surface area (Å²) >= 11 is 0. The van der Waals surface area contributed by atoms with Crippen molar-refractivity contribution >= 4 is 0 Å². The maximum Gasteiger partial charge on any atom is 0.119 e. The molecule has 0 aliphatic heterocycles. The van der Waals surface area contributed by atoms with Crippen molar-refractivity contribution in [2.45, 2.75) is 51.2 Å². The molecule has 1 aliphatic rings. The summed E-state index contributed by atoms with van der Waals surface area (Å²) in [5.41, 5.74) is 0.943. The Labute approximate surface area is 122 Å². The van der Waals surface area contributed by atoms with Crippen LogP contribution in [0.15, 0.2) is 24.3 Å². The van der Waals surface area contributed by atoms with Gasteiger partial charge in [-0.3, -0.25) is 4.90 Å². The van der Waals surface area contributed by atoms with Gasteiger partial charge in [-0.2, -0.15) is 0 Å². The van der Waals surface area contributed by atoms with E-state index in [1.165, 1.54) is 32.1 Å². The van der Waals surface area contributed by atoms with Gasteiger partial charge in [0.05, 0.1) is 13.2 Å². The van der Waals surface area contributed by atoms with Gasteiger partial charge in [0.1, 0.15) is 5.75 Å². The topological polar surface area (TPSA) is 32.7 Å². The van der Waals surface area contributed by atoms with E-state index in [0.29, 0.717) is 12.6 Å². The van der Waals surface area contributed by atoms with E-state index in [2.05, 4.69) is 11.8 Å². The van der Waals surface area contributed by atoms with E-state index in [0.717, 1.165) is 17.9 Å². The molecule has 1 atom stereocenters. The van der Waals surface area contributed by atoms with Crippen LogP contribution >= 0.6 is 0 Å². The lowest BCUT2D eigenvalue weighted by atomic mass is 9.93. The molecule has 0 bridgehead atoms. The average molecular weight is 277 g/mol.